The number of rotatable bonds is 1. The lowest BCUT2D eigenvalue weighted by molar-refractivity contribution is 0.751. The van der Waals surface area contributed by atoms with Crippen LogP contribution in [0, 0.1) is 0 Å². The minimum atomic E-state index is 0.372. The maximum atomic E-state index is 5.85. The number of hydrogen-bond donors (Lipinski definition) is 1. The molecule has 0 spiro atoms. The molecular weight excluding hydrogens is 267 g/mol. The van der Waals surface area contributed by atoms with Crippen LogP contribution in [-0.2, 0) is 0 Å². The van der Waals surface area contributed by atoms with Crippen LogP contribution < -0.4 is 5.73 Å². The third kappa shape index (κ3) is 1.73. The number of anilines is 1. The molecule has 1 heterocycles. The minimum Gasteiger partial charge on any atom is -0.381 e. The van der Waals surface area contributed by atoms with Gasteiger partial charge in [0, 0.05) is 9.50 Å². The molecule has 14 heavy (non-hydrogen) atoms. The topological polar surface area (TPSA) is 56.7 Å². The molecule has 1 aromatic heterocycles. The van der Waals surface area contributed by atoms with E-state index in [0.29, 0.717) is 10.8 Å². The Morgan fingerprint density at radius 2 is 2.21 bits per heavy atom. The van der Waals surface area contributed by atoms with Gasteiger partial charge in [-0.3, -0.25) is 0 Å². The summed E-state index contributed by atoms with van der Waals surface area (Å²) in [5, 5.41) is 8.58. The molecule has 0 saturated carbocycles. The number of benzene rings is 1. The van der Waals surface area contributed by atoms with Crippen molar-refractivity contribution in [3.8, 4) is 5.69 Å². The van der Waals surface area contributed by atoms with Gasteiger partial charge in [-0.1, -0.05) is 11.6 Å². The molecule has 0 unspecified atom stereocenters. The molecule has 72 valence electrons. The molecule has 2 aromatic rings. The normalized spacial score (nSPS) is 10.4. The minimum absolute atomic E-state index is 0.372. The summed E-state index contributed by atoms with van der Waals surface area (Å²) in [4.78, 5) is 1.42. The van der Waals surface area contributed by atoms with Crippen LogP contribution in [0.25, 0.3) is 5.69 Å². The molecule has 0 saturated heterocycles. The summed E-state index contributed by atoms with van der Waals surface area (Å²) in [6, 6.07) is 5.37. The van der Waals surface area contributed by atoms with Gasteiger partial charge >= 0.3 is 0 Å². The summed E-state index contributed by atoms with van der Waals surface area (Å²) < 4.78 is 0.859. The van der Waals surface area contributed by atoms with Gasteiger partial charge in [-0.25, -0.2) is 0 Å². The highest BCUT2D eigenvalue weighted by Gasteiger charge is 2.05. The van der Waals surface area contributed by atoms with Crippen molar-refractivity contribution >= 4 is 33.3 Å². The van der Waals surface area contributed by atoms with E-state index in [9.17, 15) is 0 Å². The van der Waals surface area contributed by atoms with Crippen LogP contribution in [0.15, 0.2) is 28.9 Å². The first-order chi connectivity index (χ1) is 6.66. The van der Waals surface area contributed by atoms with Gasteiger partial charge in [0.2, 0.25) is 0 Å². The van der Waals surface area contributed by atoms with Gasteiger partial charge in [-0.2, -0.15) is 5.10 Å². The zero-order chi connectivity index (χ0) is 10.1. The van der Waals surface area contributed by atoms with Gasteiger partial charge in [-0.05, 0) is 34.1 Å². The molecule has 0 bridgehead atoms. The van der Waals surface area contributed by atoms with Crippen molar-refractivity contribution in [3.05, 3.63) is 33.9 Å². The Bertz CT molecular complexity index is 468. The maximum absolute atomic E-state index is 5.85. The Balaban J connectivity index is 2.55. The van der Waals surface area contributed by atoms with Crippen molar-refractivity contribution in [1.82, 2.24) is 15.0 Å². The molecule has 0 aliphatic rings. The predicted molar refractivity (Wildman–Crippen MR) is 58.5 cm³/mol. The molecule has 0 aliphatic carbocycles. The number of aromatic nitrogens is 3. The molecule has 4 nitrogen and oxygen atoms in total. The molecule has 0 atom stereocenters. The Kier molecular flexibility index (Phi) is 2.43. The number of hydrogen-bond acceptors (Lipinski definition) is 3. The summed E-state index contributed by atoms with van der Waals surface area (Å²) in [5.74, 6) is 0.372. The Morgan fingerprint density at radius 3 is 2.86 bits per heavy atom. The second kappa shape index (κ2) is 3.59. The average molecular weight is 274 g/mol. The SMILES string of the molecule is Nc1cnn(-c2cc(Cl)ccc2Br)n1. The van der Waals surface area contributed by atoms with E-state index in [1.807, 2.05) is 6.07 Å². The molecule has 6 heteroatoms. The van der Waals surface area contributed by atoms with Crippen LogP contribution in [0.5, 0.6) is 0 Å². The van der Waals surface area contributed by atoms with E-state index >= 15 is 0 Å². The standard InChI is InChI=1S/C8H6BrClN4/c9-6-2-1-5(10)3-7(6)14-12-4-8(11)13-14/h1-4H,(H2,11,13). The molecule has 0 radical (unpaired) electrons. The lowest BCUT2D eigenvalue weighted by Crippen LogP contribution is -2.00. The monoisotopic (exact) mass is 272 g/mol. The summed E-state index contributed by atoms with van der Waals surface area (Å²) >= 11 is 9.23. The van der Waals surface area contributed by atoms with E-state index in [2.05, 4.69) is 26.1 Å². The first-order valence-electron chi connectivity index (χ1n) is 3.80. The first kappa shape index (κ1) is 9.48. The molecule has 2 N–H and O–H groups in total. The second-order valence-corrected chi connectivity index (χ2v) is 3.95. The van der Waals surface area contributed by atoms with Crippen LogP contribution in [0.3, 0.4) is 0 Å². The Labute approximate surface area is 93.8 Å². The summed E-state index contributed by atoms with van der Waals surface area (Å²) in [5.41, 5.74) is 6.22. The third-order valence-electron chi connectivity index (χ3n) is 1.63. The smallest absolute Gasteiger partial charge is 0.166 e. The Morgan fingerprint density at radius 1 is 1.43 bits per heavy atom. The van der Waals surface area contributed by atoms with Gasteiger partial charge in [-0.15, -0.1) is 9.90 Å². The molecule has 0 fully saturated rings. The number of nitrogens with zero attached hydrogens (tertiary/aromatic N) is 3. The predicted octanol–water partition coefficient (Wildman–Crippen LogP) is 2.27. The third-order valence-corrected chi connectivity index (χ3v) is 2.54. The van der Waals surface area contributed by atoms with Crippen molar-refractivity contribution in [3.63, 3.8) is 0 Å². The zero-order valence-corrected chi connectivity index (χ0v) is 9.33. The molecule has 1 aromatic carbocycles. The van der Waals surface area contributed by atoms with Crippen LogP contribution in [0.4, 0.5) is 5.82 Å². The van der Waals surface area contributed by atoms with E-state index in [4.69, 9.17) is 17.3 Å². The lowest BCUT2D eigenvalue weighted by Gasteiger charge is -2.02. The van der Waals surface area contributed by atoms with Crippen molar-refractivity contribution in [2.24, 2.45) is 0 Å². The fraction of sp³-hybridized carbons (Fsp3) is 0. The fourth-order valence-electron chi connectivity index (χ4n) is 1.03. The van der Waals surface area contributed by atoms with E-state index in [1.54, 1.807) is 12.1 Å². The Hall–Kier alpha value is -1.07. The summed E-state index contributed by atoms with van der Waals surface area (Å²) in [6.07, 6.45) is 1.48. The maximum Gasteiger partial charge on any atom is 0.166 e. The van der Waals surface area contributed by atoms with Gasteiger partial charge < -0.3 is 5.73 Å². The highest BCUT2D eigenvalue weighted by atomic mass is 79.9. The number of nitrogen functional groups attached to an aromatic ring is 1. The quantitative estimate of drug-likeness (QED) is 0.867. The van der Waals surface area contributed by atoms with Crippen LogP contribution in [0.1, 0.15) is 0 Å². The van der Waals surface area contributed by atoms with E-state index in [-0.39, 0.29) is 0 Å². The molecule has 0 amide bonds. The van der Waals surface area contributed by atoms with Gasteiger partial charge in [0.05, 0.1) is 6.20 Å². The van der Waals surface area contributed by atoms with Crippen molar-refractivity contribution in [2.45, 2.75) is 0 Å². The first-order valence-corrected chi connectivity index (χ1v) is 4.97. The lowest BCUT2D eigenvalue weighted by atomic mass is 10.3. The summed E-state index contributed by atoms with van der Waals surface area (Å²) in [7, 11) is 0. The van der Waals surface area contributed by atoms with Crippen LogP contribution in [-0.4, -0.2) is 15.0 Å². The molecule has 2 rings (SSSR count). The van der Waals surface area contributed by atoms with Crippen molar-refractivity contribution in [1.29, 1.82) is 0 Å². The van der Waals surface area contributed by atoms with Gasteiger partial charge in [0.15, 0.2) is 5.82 Å². The average Bonchev–Trinajstić information content (AvgIpc) is 2.56. The summed E-state index contributed by atoms with van der Waals surface area (Å²) in [6.45, 7) is 0. The fourth-order valence-corrected chi connectivity index (χ4v) is 1.60. The highest BCUT2D eigenvalue weighted by Crippen LogP contribution is 2.23. The highest BCUT2D eigenvalue weighted by molar-refractivity contribution is 9.10. The van der Waals surface area contributed by atoms with Crippen molar-refractivity contribution in [2.75, 3.05) is 5.73 Å². The van der Waals surface area contributed by atoms with Crippen LogP contribution in [0.2, 0.25) is 5.02 Å². The zero-order valence-electron chi connectivity index (χ0n) is 6.98. The van der Waals surface area contributed by atoms with Gasteiger partial charge in [0.1, 0.15) is 5.69 Å². The molecular formula is C8H6BrClN4. The number of halogens is 2. The van der Waals surface area contributed by atoms with Crippen LogP contribution >= 0.6 is 27.5 Å². The van der Waals surface area contributed by atoms with E-state index in [1.165, 1.54) is 11.0 Å². The molecule has 0 aliphatic heterocycles. The van der Waals surface area contributed by atoms with Crippen molar-refractivity contribution < 1.29 is 0 Å². The second-order valence-electron chi connectivity index (χ2n) is 2.65. The van der Waals surface area contributed by atoms with E-state index < -0.39 is 0 Å². The van der Waals surface area contributed by atoms with E-state index in [0.717, 1.165) is 10.2 Å². The number of nitrogens with two attached hydrogens (primary N) is 1. The van der Waals surface area contributed by atoms with Gasteiger partial charge in [0.25, 0.3) is 0 Å². The largest absolute Gasteiger partial charge is 0.381 e.